The van der Waals surface area contributed by atoms with Gasteiger partial charge in [0.25, 0.3) is 0 Å². The number of anilines is 1. The van der Waals surface area contributed by atoms with Crippen molar-refractivity contribution in [2.24, 2.45) is 11.7 Å². The van der Waals surface area contributed by atoms with Crippen molar-refractivity contribution in [3.8, 4) is 33.6 Å². The Hall–Kier alpha value is -4.87. The Bertz CT molecular complexity index is 2180. The molecule has 6 aromatic rings. The van der Waals surface area contributed by atoms with Gasteiger partial charge in [0.1, 0.15) is 16.9 Å². The molecule has 0 saturated heterocycles. The van der Waals surface area contributed by atoms with E-state index in [1.165, 1.54) is 6.07 Å². The van der Waals surface area contributed by atoms with Gasteiger partial charge in [-0.1, -0.05) is 24.6 Å². The summed E-state index contributed by atoms with van der Waals surface area (Å²) in [6, 6.07) is 19.6. The summed E-state index contributed by atoms with van der Waals surface area (Å²) in [5.74, 6) is -0.460. The second kappa shape index (κ2) is 10.7. The van der Waals surface area contributed by atoms with E-state index in [0.717, 1.165) is 75.8 Å². The molecule has 44 heavy (non-hydrogen) atoms. The molecule has 11 heteroatoms. The maximum absolute atomic E-state index is 14.7. The summed E-state index contributed by atoms with van der Waals surface area (Å²) < 4.78 is 38.8. The minimum atomic E-state index is -3.62. The lowest BCUT2D eigenvalue weighted by Crippen LogP contribution is -2.28. The molecule has 0 spiro atoms. The van der Waals surface area contributed by atoms with Crippen molar-refractivity contribution >= 4 is 43.2 Å². The molecular weight excluding hydrogens is 579 g/mol. The molecule has 3 aromatic carbocycles. The number of hydrogen-bond acceptors (Lipinski definition) is 6. The number of carbonyl (C=O) groups excluding carboxylic acids is 1. The summed E-state index contributed by atoms with van der Waals surface area (Å²) >= 11 is 0. The molecule has 1 saturated carbocycles. The first-order valence-corrected chi connectivity index (χ1v) is 16.2. The number of pyridine rings is 1. The molecule has 222 valence electrons. The van der Waals surface area contributed by atoms with E-state index in [9.17, 15) is 17.6 Å². The summed E-state index contributed by atoms with van der Waals surface area (Å²) in [6.45, 7) is 0. The van der Waals surface area contributed by atoms with Crippen LogP contribution in [0.15, 0.2) is 79.1 Å². The van der Waals surface area contributed by atoms with Crippen LogP contribution >= 0.6 is 0 Å². The van der Waals surface area contributed by atoms with Crippen LogP contribution in [0, 0.1) is 11.7 Å². The van der Waals surface area contributed by atoms with Gasteiger partial charge in [-0.25, -0.2) is 12.8 Å². The van der Waals surface area contributed by atoms with Gasteiger partial charge in [-0.2, -0.15) is 5.10 Å². The Morgan fingerprint density at radius 1 is 0.977 bits per heavy atom. The lowest BCUT2D eigenvalue weighted by atomic mass is 9.85. The van der Waals surface area contributed by atoms with Gasteiger partial charge in [-0.3, -0.25) is 14.9 Å². The minimum absolute atomic E-state index is 0.0358. The molecule has 0 aliphatic heterocycles. The Labute approximate surface area is 252 Å². The van der Waals surface area contributed by atoms with E-state index in [0.29, 0.717) is 16.9 Å². The van der Waals surface area contributed by atoms with E-state index in [4.69, 9.17) is 5.73 Å². The molecule has 3 heterocycles. The average molecular weight is 609 g/mol. The molecule has 1 atom stereocenters. The minimum Gasteiger partial charge on any atom is -0.353 e. The Kier molecular flexibility index (Phi) is 6.79. The number of amides is 1. The Morgan fingerprint density at radius 3 is 2.59 bits per heavy atom. The molecular formula is C33H29FN6O3S. The number of rotatable bonds is 7. The van der Waals surface area contributed by atoms with Crippen molar-refractivity contribution in [3.05, 3.63) is 90.5 Å². The van der Waals surface area contributed by atoms with Crippen LogP contribution in [-0.4, -0.2) is 40.7 Å². The third-order valence-electron chi connectivity index (χ3n) is 8.32. The number of nitrogens with one attached hydrogen (secondary N) is 3. The maximum Gasteiger partial charge on any atom is 0.227 e. The normalized spacial score (nSPS) is 14.5. The summed E-state index contributed by atoms with van der Waals surface area (Å²) in [5.41, 5.74) is 12.9. The Morgan fingerprint density at radius 2 is 1.82 bits per heavy atom. The molecule has 9 nitrogen and oxygen atoms in total. The van der Waals surface area contributed by atoms with E-state index >= 15 is 0 Å². The van der Waals surface area contributed by atoms with Gasteiger partial charge in [0.05, 0.1) is 23.1 Å². The van der Waals surface area contributed by atoms with Crippen LogP contribution in [0.5, 0.6) is 0 Å². The SMILES string of the molecule is CS(=O)(=O)C(N)c1cc(F)cc(-c2cccc3[nH]c(-c4n[nH]c5ccc(-c6cncc(NC(=O)C7CCC7)c6)cc45)cc23)c1. The highest BCUT2D eigenvalue weighted by atomic mass is 32.2. The summed E-state index contributed by atoms with van der Waals surface area (Å²) in [4.78, 5) is 20.3. The quantitative estimate of drug-likeness (QED) is 0.167. The fourth-order valence-electron chi connectivity index (χ4n) is 5.69. The van der Waals surface area contributed by atoms with E-state index in [2.05, 4.69) is 25.5 Å². The first-order valence-electron chi connectivity index (χ1n) is 14.3. The molecule has 5 N–H and O–H groups in total. The van der Waals surface area contributed by atoms with Crippen LogP contribution in [0.1, 0.15) is 30.2 Å². The van der Waals surface area contributed by atoms with Crippen LogP contribution in [0.4, 0.5) is 10.1 Å². The number of fused-ring (bicyclic) bond motifs is 2. The standard InChI is InChI=1S/C33H29FN6O3S/c1-44(42,43)32(35)21-10-20(11-23(34)12-21)25-6-3-7-28-26(25)15-30(38-28)31-27-14-19(8-9-29(27)39-40-31)22-13-24(17-36-16-22)37-33(41)18-4-2-5-18/h3,6-18,32,38H,2,4-5,35H2,1H3,(H,37,41)(H,39,40). The fraction of sp³-hybridized carbons (Fsp3) is 0.182. The maximum atomic E-state index is 14.7. The number of aromatic nitrogens is 4. The Balaban J connectivity index is 1.26. The highest BCUT2D eigenvalue weighted by Gasteiger charge is 2.25. The van der Waals surface area contributed by atoms with Crippen LogP contribution in [0.25, 0.3) is 55.4 Å². The van der Waals surface area contributed by atoms with E-state index in [1.54, 1.807) is 18.5 Å². The molecule has 1 aliphatic rings. The van der Waals surface area contributed by atoms with Gasteiger partial charge in [0.15, 0.2) is 9.84 Å². The highest BCUT2D eigenvalue weighted by molar-refractivity contribution is 7.90. The second-order valence-corrected chi connectivity index (χ2v) is 13.6. The van der Waals surface area contributed by atoms with Gasteiger partial charge in [-0.05, 0) is 83.6 Å². The first kappa shape index (κ1) is 27.9. The lowest BCUT2D eigenvalue weighted by Gasteiger charge is -2.24. The number of benzene rings is 3. The van der Waals surface area contributed by atoms with Crippen LogP contribution in [0.3, 0.4) is 0 Å². The number of aromatic amines is 2. The van der Waals surface area contributed by atoms with Gasteiger partial charge < -0.3 is 16.0 Å². The first-order chi connectivity index (χ1) is 21.1. The van der Waals surface area contributed by atoms with E-state index in [-0.39, 0.29) is 17.4 Å². The van der Waals surface area contributed by atoms with Crippen molar-refractivity contribution in [3.63, 3.8) is 0 Å². The van der Waals surface area contributed by atoms with Crippen molar-refractivity contribution in [2.45, 2.75) is 24.6 Å². The van der Waals surface area contributed by atoms with Crippen LogP contribution in [0.2, 0.25) is 0 Å². The van der Waals surface area contributed by atoms with Gasteiger partial charge in [-0.15, -0.1) is 0 Å². The predicted octanol–water partition coefficient (Wildman–Crippen LogP) is 6.32. The molecule has 3 aromatic heterocycles. The molecule has 1 unspecified atom stereocenters. The number of sulfone groups is 1. The second-order valence-electron chi connectivity index (χ2n) is 11.4. The topological polar surface area (TPSA) is 147 Å². The van der Waals surface area contributed by atoms with Gasteiger partial charge in [0.2, 0.25) is 5.91 Å². The largest absolute Gasteiger partial charge is 0.353 e. The number of halogens is 1. The zero-order chi connectivity index (χ0) is 30.6. The fourth-order valence-corrected chi connectivity index (χ4v) is 6.32. The highest BCUT2D eigenvalue weighted by Crippen LogP contribution is 2.37. The van der Waals surface area contributed by atoms with Gasteiger partial charge in [0, 0.05) is 40.2 Å². The zero-order valence-electron chi connectivity index (χ0n) is 23.8. The van der Waals surface area contributed by atoms with Gasteiger partial charge >= 0.3 is 0 Å². The smallest absolute Gasteiger partial charge is 0.227 e. The average Bonchev–Trinajstić information content (AvgIpc) is 3.59. The number of nitrogens with zero attached hydrogens (tertiary/aromatic N) is 2. The predicted molar refractivity (Wildman–Crippen MR) is 170 cm³/mol. The van der Waals surface area contributed by atoms with Crippen molar-refractivity contribution in [1.82, 2.24) is 20.2 Å². The summed E-state index contributed by atoms with van der Waals surface area (Å²) in [5, 5.41) is 11.0. The van der Waals surface area contributed by atoms with Crippen molar-refractivity contribution in [1.29, 1.82) is 0 Å². The number of H-pyrrole nitrogens is 2. The molecule has 0 bridgehead atoms. The summed E-state index contributed by atoms with van der Waals surface area (Å²) in [6.07, 6.45) is 7.39. The third-order valence-corrected chi connectivity index (χ3v) is 9.51. The third kappa shape index (κ3) is 5.14. The molecule has 1 amide bonds. The molecule has 0 radical (unpaired) electrons. The summed E-state index contributed by atoms with van der Waals surface area (Å²) in [7, 11) is -3.62. The van der Waals surface area contributed by atoms with E-state index < -0.39 is 21.0 Å². The molecule has 7 rings (SSSR count). The lowest BCUT2D eigenvalue weighted by molar-refractivity contribution is -0.122. The van der Waals surface area contributed by atoms with Crippen LogP contribution < -0.4 is 11.1 Å². The van der Waals surface area contributed by atoms with Crippen molar-refractivity contribution < 1.29 is 17.6 Å². The number of nitrogens with two attached hydrogens (primary N) is 1. The van der Waals surface area contributed by atoms with E-state index in [1.807, 2.05) is 48.5 Å². The number of hydrogen-bond donors (Lipinski definition) is 4. The van der Waals surface area contributed by atoms with Crippen LogP contribution in [-0.2, 0) is 14.6 Å². The molecule has 1 aliphatic carbocycles. The zero-order valence-corrected chi connectivity index (χ0v) is 24.6. The molecule has 1 fully saturated rings. The number of carbonyl (C=O) groups is 1. The monoisotopic (exact) mass is 608 g/mol. The van der Waals surface area contributed by atoms with Crippen molar-refractivity contribution in [2.75, 3.05) is 11.6 Å².